The van der Waals surface area contributed by atoms with Crippen molar-refractivity contribution in [3.8, 4) is 0 Å². The molecule has 0 amide bonds. The highest BCUT2D eigenvalue weighted by atomic mass is 16.4. The van der Waals surface area contributed by atoms with Crippen LogP contribution in [0.2, 0.25) is 0 Å². The van der Waals surface area contributed by atoms with E-state index in [0.717, 1.165) is 31.7 Å². The number of carbonyl (C=O) groups excluding carboxylic acids is 1. The SMILES string of the molecule is N=C(N)c1ccc(N2CCC(C(=O)C3CN(CC(=O)O)CCN3)CC2)nc1. The summed E-state index contributed by atoms with van der Waals surface area (Å²) in [6.07, 6.45) is 3.11. The third-order valence-corrected chi connectivity index (χ3v) is 5.24. The number of nitrogens with one attached hydrogen (secondary N) is 2. The van der Waals surface area contributed by atoms with Crippen LogP contribution in [0.15, 0.2) is 18.3 Å². The third-order valence-electron chi connectivity index (χ3n) is 5.24. The van der Waals surface area contributed by atoms with Crippen LogP contribution in [0.4, 0.5) is 5.82 Å². The number of aliphatic carboxylic acids is 1. The van der Waals surface area contributed by atoms with Crippen molar-refractivity contribution < 1.29 is 14.7 Å². The maximum absolute atomic E-state index is 12.8. The second-order valence-corrected chi connectivity index (χ2v) is 7.12. The molecule has 1 atom stereocenters. The van der Waals surface area contributed by atoms with E-state index in [-0.39, 0.29) is 30.1 Å². The molecule has 3 heterocycles. The van der Waals surface area contributed by atoms with Gasteiger partial charge < -0.3 is 21.1 Å². The Morgan fingerprint density at radius 1 is 1.30 bits per heavy atom. The number of pyridine rings is 1. The zero-order valence-electron chi connectivity index (χ0n) is 15.2. The van der Waals surface area contributed by atoms with Gasteiger partial charge in [0.2, 0.25) is 0 Å². The number of piperidine rings is 1. The number of carboxylic acids is 1. The molecular formula is C18H26N6O3. The fourth-order valence-corrected chi connectivity index (χ4v) is 3.75. The summed E-state index contributed by atoms with van der Waals surface area (Å²) < 4.78 is 0. The molecule has 0 bridgehead atoms. The van der Waals surface area contributed by atoms with Gasteiger partial charge in [0.15, 0.2) is 5.78 Å². The Labute approximate surface area is 158 Å². The van der Waals surface area contributed by atoms with Crippen LogP contribution in [-0.2, 0) is 9.59 Å². The summed E-state index contributed by atoms with van der Waals surface area (Å²) in [4.78, 5) is 32.1. The summed E-state index contributed by atoms with van der Waals surface area (Å²) in [6, 6.07) is 3.35. The van der Waals surface area contributed by atoms with Gasteiger partial charge in [-0.25, -0.2) is 4.98 Å². The van der Waals surface area contributed by atoms with Gasteiger partial charge in [-0.3, -0.25) is 19.9 Å². The summed E-state index contributed by atoms with van der Waals surface area (Å²) in [5, 5.41) is 19.6. The molecule has 0 radical (unpaired) electrons. The first-order valence-corrected chi connectivity index (χ1v) is 9.20. The summed E-state index contributed by atoms with van der Waals surface area (Å²) in [5.74, 6) is 0.133. The van der Waals surface area contributed by atoms with E-state index in [9.17, 15) is 9.59 Å². The Morgan fingerprint density at radius 3 is 2.63 bits per heavy atom. The van der Waals surface area contributed by atoms with Crippen molar-refractivity contribution >= 4 is 23.4 Å². The van der Waals surface area contributed by atoms with Crippen LogP contribution < -0.4 is 16.0 Å². The number of carboxylic acid groups (broad SMARTS) is 1. The maximum atomic E-state index is 12.8. The molecule has 2 aliphatic rings. The van der Waals surface area contributed by atoms with E-state index in [0.29, 0.717) is 25.2 Å². The number of nitrogens with zero attached hydrogens (tertiary/aromatic N) is 3. The minimum Gasteiger partial charge on any atom is -0.480 e. The first-order chi connectivity index (χ1) is 12.9. The lowest BCUT2D eigenvalue weighted by Crippen LogP contribution is -2.57. The summed E-state index contributed by atoms with van der Waals surface area (Å²) in [7, 11) is 0. The van der Waals surface area contributed by atoms with Crippen LogP contribution in [0.25, 0.3) is 0 Å². The zero-order valence-corrected chi connectivity index (χ0v) is 15.2. The smallest absolute Gasteiger partial charge is 0.317 e. The first-order valence-electron chi connectivity index (χ1n) is 9.20. The van der Waals surface area contributed by atoms with E-state index in [4.69, 9.17) is 16.2 Å². The fourth-order valence-electron chi connectivity index (χ4n) is 3.75. The largest absolute Gasteiger partial charge is 0.480 e. The highest BCUT2D eigenvalue weighted by Gasteiger charge is 2.33. The molecule has 0 aromatic carbocycles. The second kappa shape index (κ2) is 8.45. The van der Waals surface area contributed by atoms with Gasteiger partial charge in [0.25, 0.3) is 0 Å². The van der Waals surface area contributed by atoms with Gasteiger partial charge in [-0.15, -0.1) is 0 Å². The lowest BCUT2D eigenvalue weighted by molar-refractivity contribution is -0.139. The number of nitrogen functional groups attached to an aromatic ring is 1. The molecule has 2 aliphatic heterocycles. The lowest BCUT2D eigenvalue weighted by atomic mass is 9.88. The van der Waals surface area contributed by atoms with Crippen LogP contribution in [0, 0.1) is 11.3 Å². The predicted octanol–water partition coefficient (Wildman–Crippen LogP) is -0.490. The van der Waals surface area contributed by atoms with Gasteiger partial charge in [0.1, 0.15) is 11.7 Å². The van der Waals surface area contributed by atoms with E-state index in [1.54, 1.807) is 12.3 Å². The minimum absolute atomic E-state index is 0.00437. The van der Waals surface area contributed by atoms with E-state index in [1.165, 1.54) is 0 Å². The van der Waals surface area contributed by atoms with Crippen molar-refractivity contribution in [3.05, 3.63) is 23.9 Å². The van der Waals surface area contributed by atoms with E-state index < -0.39 is 5.97 Å². The molecule has 9 nitrogen and oxygen atoms in total. The van der Waals surface area contributed by atoms with E-state index in [2.05, 4.69) is 15.2 Å². The molecule has 1 unspecified atom stereocenters. The van der Waals surface area contributed by atoms with Crippen LogP contribution in [0.3, 0.4) is 0 Å². The number of carbonyl (C=O) groups is 2. The molecule has 9 heteroatoms. The quantitative estimate of drug-likeness (QED) is 0.387. The number of aromatic nitrogens is 1. The average molecular weight is 374 g/mol. The normalized spacial score (nSPS) is 21.8. The molecule has 5 N–H and O–H groups in total. The predicted molar refractivity (Wildman–Crippen MR) is 101 cm³/mol. The Bertz CT molecular complexity index is 700. The number of ketones is 1. The summed E-state index contributed by atoms with van der Waals surface area (Å²) in [5.41, 5.74) is 6.05. The fraction of sp³-hybridized carbons (Fsp3) is 0.556. The molecule has 1 aromatic rings. The minimum atomic E-state index is -0.861. The summed E-state index contributed by atoms with van der Waals surface area (Å²) >= 11 is 0. The van der Waals surface area contributed by atoms with Crippen molar-refractivity contribution in [3.63, 3.8) is 0 Å². The van der Waals surface area contributed by atoms with Gasteiger partial charge in [-0.2, -0.15) is 0 Å². The molecule has 0 saturated carbocycles. The molecule has 3 rings (SSSR count). The summed E-state index contributed by atoms with van der Waals surface area (Å²) in [6.45, 7) is 3.21. The monoisotopic (exact) mass is 374 g/mol. The molecule has 1 aromatic heterocycles. The average Bonchev–Trinajstić information content (AvgIpc) is 2.67. The number of Topliss-reactive ketones (excluding diaryl/α,β-unsaturated/α-hetero) is 1. The lowest BCUT2D eigenvalue weighted by Gasteiger charge is -2.36. The van der Waals surface area contributed by atoms with Crippen molar-refractivity contribution in [1.82, 2.24) is 15.2 Å². The van der Waals surface area contributed by atoms with Crippen LogP contribution >= 0.6 is 0 Å². The number of hydrogen-bond donors (Lipinski definition) is 4. The number of rotatable bonds is 6. The van der Waals surface area contributed by atoms with Crippen LogP contribution in [0.1, 0.15) is 18.4 Å². The van der Waals surface area contributed by atoms with Gasteiger partial charge in [-0.1, -0.05) is 0 Å². The van der Waals surface area contributed by atoms with Crippen molar-refractivity contribution in [2.24, 2.45) is 11.7 Å². The Hall–Kier alpha value is -2.52. The third kappa shape index (κ3) is 4.81. The Balaban J connectivity index is 1.53. The highest BCUT2D eigenvalue weighted by Crippen LogP contribution is 2.24. The molecule has 0 aliphatic carbocycles. The molecule has 146 valence electrons. The van der Waals surface area contributed by atoms with Crippen LogP contribution in [-0.4, -0.2) is 77.9 Å². The van der Waals surface area contributed by atoms with Crippen LogP contribution in [0.5, 0.6) is 0 Å². The van der Waals surface area contributed by atoms with Gasteiger partial charge in [0, 0.05) is 50.4 Å². The first kappa shape index (κ1) is 19.2. The number of amidine groups is 1. The van der Waals surface area contributed by atoms with Crippen molar-refractivity contribution in [2.45, 2.75) is 18.9 Å². The zero-order chi connectivity index (χ0) is 19.4. The number of nitrogens with two attached hydrogens (primary N) is 1. The molecular weight excluding hydrogens is 348 g/mol. The number of anilines is 1. The number of piperazine rings is 1. The van der Waals surface area contributed by atoms with Gasteiger partial charge in [-0.05, 0) is 25.0 Å². The maximum Gasteiger partial charge on any atom is 0.317 e. The Kier molecular flexibility index (Phi) is 6.02. The molecule has 2 fully saturated rings. The van der Waals surface area contributed by atoms with Gasteiger partial charge >= 0.3 is 5.97 Å². The number of hydrogen-bond acceptors (Lipinski definition) is 7. The van der Waals surface area contributed by atoms with Gasteiger partial charge in [0.05, 0.1) is 12.6 Å². The topological polar surface area (TPSA) is 136 Å². The standard InChI is InChI=1S/C18H26N6O3/c19-18(20)13-1-2-15(22-9-13)24-6-3-12(4-7-24)17(27)14-10-23(8-5-21-14)11-16(25)26/h1-2,9,12,14,21H,3-8,10-11H2,(H3,19,20)(H,25,26). The van der Waals surface area contributed by atoms with E-state index in [1.807, 2.05) is 11.0 Å². The molecule has 27 heavy (non-hydrogen) atoms. The Morgan fingerprint density at radius 2 is 2.04 bits per heavy atom. The molecule has 0 spiro atoms. The van der Waals surface area contributed by atoms with E-state index >= 15 is 0 Å². The van der Waals surface area contributed by atoms with Crippen molar-refractivity contribution in [2.75, 3.05) is 44.2 Å². The van der Waals surface area contributed by atoms with Crippen molar-refractivity contribution in [1.29, 1.82) is 5.41 Å². The molecule has 2 saturated heterocycles. The second-order valence-electron chi connectivity index (χ2n) is 7.12. The highest BCUT2D eigenvalue weighted by molar-refractivity contribution is 5.94.